The largest absolute Gasteiger partial charge is 0.416 e. The Morgan fingerprint density at radius 2 is 2.20 bits per heavy atom. The fraction of sp³-hybridized carbons (Fsp3) is 0.571. The molecule has 1 aromatic carbocycles. The van der Waals surface area contributed by atoms with Gasteiger partial charge in [-0.05, 0) is 30.5 Å². The average Bonchev–Trinajstić information content (AvgIpc) is 2.92. The Kier molecular flexibility index (Phi) is 5.01. The number of ether oxygens (including phenoxy) is 1. The zero-order chi connectivity index (χ0) is 14.6. The molecule has 0 amide bonds. The van der Waals surface area contributed by atoms with E-state index in [-0.39, 0.29) is 18.7 Å². The van der Waals surface area contributed by atoms with Crippen molar-refractivity contribution in [1.82, 2.24) is 5.32 Å². The van der Waals surface area contributed by atoms with Crippen LogP contribution in [-0.4, -0.2) is 25.8 Å². The van der Waals surface area contributed by atoms with E-state index >= 15 is 0 Å². The highest BCUT2D eigenvalue weighted by Crippen LogP contribution is 2.30. The van der Waals surface area contributed by atoms with E-state index < -0.39 is 11.7 Å². The molecule has 2 atom stereocenters. The fourth-order valence-corrected chi connectivity index (χ4v) is 2.35. The van der Waals surface area contributed by atoms with Gasteiger partial charge < -0.3 is 15.8 Å². The standard InChI is InChI=1S/C14H19F3N2O/c15-14(16,17)11-4-1-3-10(7-11)13(8-18)19-9-12-5-2-6-20-12/h1,3-4,7,12-13,19H,2,5-6,8-9,18H2. The second kappa shape index (κ2) is 6.56. The number of nitrogens with one attached hydrogen (secondary N) is 1. The fourth-order valence-electron chi connectivity index (χ4n) is 2.35. The Labute approximate surface area is 116 Å². The van der Waals surface area contributed by atoms with Crippen LogP contribution in [0.15, 0.2) is 24.3 Å². The van der Waals surface area contributed by atoms with Crippen molar-refractivity contribution in [3.8, 4) is 0 Å². The maximum absolute atomic E-state index is 12.7. The molecule has 112 valence electrons. The van der Waals surface area contributed by atoms with Crippen LogP contribution in [0.25, 0.3) is 0 Å². The lowest BCUT2D eigenvalue weighted by molar-refractivity contribution is -0.137. The van der Waals surface area contributed by atoms with Gasteiger partial charge in [0.2, 0.25) is 0 Å². The van der Waals surface area contributed by atoms with Crippen molar-refractivity contribution in [2.24, 2.45) is 5.73 Å². The van der Waals surface area contributed by atoms with Crippen LogP contribution in [-0.2, 0) is 10.9 Å². The maximum Gasteiger partial charge on any atom is 0.416 e. The highest BCUT2D eigenvalue weighted by Gasteiger charge is 2.31. The van der Waals surface area contributed by atoms with Gasteiger partial charge in [0.25, 0.3) is 0 Å². The quantitative estimate of drug-likeness (QED) is 0.875. The minimum absolute atomic E-state index is 0.134. The first-order valence-corrected chi connectivity index (χ1v) is 6.73. The molecule has 2 unspecified atom stereocenters. The molecule has 0 aromatic heterocycles. The monoisotopic (exact) mass is 288 g/mol. The van der Waals surface area contributed by atoms with Crippen molar-refractivity contribution in [3.63, 3.8) is 0 Å². The van der Waals surface area contributed by atoms with Gasteiger partial charge in [-0.1, -0.05) is 12.1 Å². The number of nitrogens with two attached hydrogens (primary N) is 1. The molecule has 0 radical (unpaired) electrons. The molecule has 6 heteroatoms. The summed E-state index contributed by atoms with van der Waals surface area (Å²) < 4.78 is 43.6. The Hall–Kier alpha value is -1.11. The van der Waals surface area contributed by atoms with Gasteiger partial charge in [-0.3, -0.25) is 0 Å². The van der Waals surface area contributed by atoms with Crippen LogP contribution in [0.1, 0.15) is 30.0 Å². The van der Waals surface area contributed by atoms with Gasteiger partial charge >= 0.3 is 6.18 Å². The van der Waals surface area contributed by atoms with Crippen molar-refractivity contribution in [2.45, 2.75) is 31.2 Å². The van der Waals surface area contributed by atoms with Crippen LogP contribution < -0.4 is 11.1 Å². The lowest BCUT2D eigenvalue weighted by atomic mass is 10.0. The van der Waals surface area contributed by atoms with Gasteiger partial charge in [0.05, 0.1) is 11.7 Å². The van der Waals surface area contributed by atoms with Crippen LogP contribution in [0.4, 0.5) is 13.2 Å². The summed E-state index contributed by atoms with van der Waals surface area (Å²) in [5.74, 6) is 0. The Bertz CT molecular complexity index is 431. The second-order valence-corrected chi connectivity index (χ2v) is 4.95. The summed E-state index contributed by atoms with van der Waals surface area (Å²) in [4.78, 5) is 0. The van der Waals surface area contributed by atoms with Crippen LogP contribution in [0.5, 0.6) is 0 Å². The van der Waals surface area contributed by atoms with E-state index in [1.54, 1.807) is 6.07 Å². The molecule has 1 fully saturated rings. The number of rotatable bonds is 5. The van der Waals surface area contributed by atoms with E-state index in [1.807, 2.05) is 0 Å². The van der Waals surface area contributed by atoms with Gasteiger partial charge in [0.1, 0.15) is 0 Å². The van der Waals surface area contributed by atoms with Gasteiger partial charge in [-0.25, -0.2) is 0 Å². The Morgan fingerprint density at radius 3 is 2.80 bits per heavy atom. The van der Waals surface area contributed by atoms with Crippen molar-refractivity contribution < 1.29 is 17.9 Å². The number of halogens is 3. The van der Waals surface area contributed by atoms with E-state index in [4.69, 9.17) is 10.5 Å². The molecule has 2 rings (SSSR count). The summed E-state index contributed by atoms with van der Waals surface area (Å²) in [5.41, 5.74) is 5.57. The summed E-state index contributed by atoms with van der Waals surface area (Å²) in [6, 6.07) is 5.00. The van der Waals surface area contributed by atoms with E-state index in [0.717, 1.165) is 31.6 Å². The second-order valence-electron chi connectivity index (χ2n) is 4.95. The molecule has 0 saturated carbocycles. The Morgan fingerprint density at radius 1 is 1.40 bits per heavy atom. The molecule has 20 heavy (non-hydrogen) atoms. The molecule has 1 saturated heterocycles. The number of alkyl halides is 3. The first kappa shape index (κ1) is 15.3. The molecule has 1 aliphatic heterocycles. The highest BCUT2D eigenvalue weighted by molar-refractivity contribution is 5.28. The molecule has 3 nitrogen and oxygen atoms in total. The van der Waals surface area contributed by atoms with Crippen LogP contribution in [0, 0.1) is 0 Å². The van der Waals surface area contributed by atoms with Gasteiger partial charge in [-0.15, -0.1) is 0 Å². The minimum atomic E-state index is -4.33. The third-order valence-corrected chi connectivity index (χ3v) is 3.47. The zero-order valence-corrected chi connectivity index (χ0v) is 11.1. The van der Waals surface area contributed by atoms with Gasteiger partial charge in [-0.2, -0.15) is 13.2 Å². The first-order chi connectivity index (χ1) is 9.50. The third kappa shape index (κ3) is 3.94. The van der Waals surface area contributed by atoms with Gasteiger partial charge in [0, 0.05) is 25.7 Å². The molecular weight excluding hydrogens is 269 g/mol. The summed E-state index contributed by atoms with van der Waals surface area (Å²) >= 11 is 0. The number of benzene rings is 1. The normalized spacial score (nSPS) is 21.1. The SMILES string of the molecule is NCC(NCC1CCCO1)c1cccc(C(F)(F)F)c1. The predicted octanol–water partition coefficient (Wildman–Crippen LogP) is 2.47. The van der Waals surface area contributed by atoms with Crippen LogP contribution in [0.2, 0.25) is 0 Å². The van der Waals surface area contributed by atoms with E-state index in [1.165, 1.54) is 6.07 Å². The zero-order valence-electron chi connectivity index (χ0n) is 11.1. The third-order valence-electron chi connectivity index (χ3n) is 3.47. The minimum Gasteiger partial charge on any atom is -0.377 e. The topological polar surface area (TPSA) is 47.3 Å². The molecule has 1 aromatic rings. The summed E-state index contributed by atoms with van der Waals surface area (Å²) in [5, 5.41) is 3.19. The maximum atomic E-state index is 12.7. The summed E-state index contributed by atoms with van der Waals surface area (Å²) in [7, 11) is 0. The van der Waals surface area contributed by atoms with Crippen LogP contribution >= 0.6 is 0 Å². The lowest BCUT2D eigenvalue weighted by Crippen LogP contribution is -2.34. The number of hydrogen-bond donors (Lipinski definition) is 2. The first-order valence-electron chi connectivity index (χ1n) is 6.73. The lowest BCUT2D eigenvalue weighted by Gasteiger charge is -2.20. The molecule has 0 aliphatic carbocycles. The molecular formula is C14H19F3N2O. The summed E-state index contributed by atoms with van der Waals surface area (Å²) in [6.07, 6.45) is -2.19. The Balaban J connectivity index is 2.02. The van der Waals surface area contributed by atoms with Crippen molar-refractivity contribution in [1.29, 1.82) is 0 Å². The predicted molar refractivity (Wildman–Crippen MR) is 70.2 cm³/mol. The van der Waals surface area contributed by atoms with Crippen molar-refractivity contribution in [3.05, 3.63) is 35.4 Å². The van der Waals surface area contributed by atoms with E-state index in [0.29, 0.717) is 12.1 Å². The molecule has 3 N–H and O–H groups in total. The van der Waals surface area contributed by atoms with E-state index in [9.17, 15) is 13.2 Å². The smallest absolute Gasteiger partial charge is 0.377 e. The van der Waals surface area contributed by atoms with Crippen molar-refractivity contribution in [2.75, 3.05) is 19.7 Å². The number of hydrogen-bond acceptors (Lipinski definition) is 3. The molecule has 1 heterocycles. The molecule has 0 spiro atoms. The van der Waals surface area contributed by atoms with E-state index in [2.05, 4.69) is 5.32 Å². The summed E-state index contributed by atoms with van der Waals surface area (Å²) in [6.45, 7) is 1.61. The molecule has 0 bridgehead atoms. The van der Waals surface area contributed by atoms with Crippen molar-refractivity contribution >= 4 is 0 Å². The van der Waals surface area contributed by atoms with Gasteiger partial charge in [0.15, 0.2) is 0 Å². The van der Waals surface area contributed by atoms with Crippen LogP contribution in [0.3, 0.4) is 0 Å². The average molecular weight is 288 g/mol. The molecule has 1 aliphatic rings. The highest BCUT2D eigenvalue weighted by atomic mass is 19.4.